The first-order valence-corrected chi connectivity index (χ1v) is 8.43. The van der Waals surface area contributed by atoms with Crippen molar-refractivity contribution in [1.82, 2.24) is 9.78 Å². The van der Waals surface area contributed by atoms with Gasteiger partial charge in [0.2, 0.25) is 0 Å². The lowest BCUT2D eigenvalue weighted by molar-refractivity contribution is 0.329. The molecule has 2 heterocycles. The van der Waals surface area contributed by atoms with Crippen LogP contribution in [0, 0.1) is 5.82 Å². The van der Waals surface area contributed by atoms with Crippen LogP contribution in [-0.4, -0.2) is 29.7 Å². The molecular formula is C14H16FN3O2S. The van der Waals surface area contributed by atoms with Gasteiger partial charge in [-0.25, -0.2) is 12.8 Å². The van der Waals surface area contributed by atoms with Crippen molar-refractivity contribution in [2.45, 2.75) is 18.9 Å². The number of hydrogen-bond acceptors (Lipinski definition) is 4. The van der Waals surface area contributed by atoms with Crippen molar-refractivity contribution in [2.75, 3.05) is 17.2 Å². The maximum absolute atomic E-state index is 13.0. The predicted molar refractivity (Wildman–Crippen MR) is 79.0 cm³/mol. The number of benzene rings is 1. The number of nitrogen functional groups attached to an aromatic ring is 1. The molecule has 1 aliphatic rings. The lowest BCUT2D eigenvalue weighted by Crippen LogP contribution is -2.31. The van der Waals surface area contributed by atoms with Gasteiger partial charge in [0.25, 0.3) is 0 Å². The van der Waals surface area contributed by atoms with Gasteiger partial charge in [0.1, 0.15) is 11.5 Å². The summed E-state index contributed by atoms with van der Waals surface area (Å²) < 4.78 is 38.0. The summed E-state index contributed by atoms with van der Waals surface area (Å²) in [5.41, 5.74) is 7.10. The van der Waals surface area contributed by atoms with Gasteiger partial charge < -0.3 is 5.73 Å². The Labute approximate surface area is 122 Å². The van der Waals surface area contributed by atoms with E-state index in [2.05, 4.69) is 5.10 Å². The predicted octanol–water partition coefficient (Wildman–Crippen LogP) is 1.81. The minimum Gasteiger partial charge on any atom is -0.396 e. The molecular weight excluding hydrogens is 293 g/mol. The normalized spacial score (nSPS) is 24.3. The number of hydrogen-bond donors (Lipinski definition) is 1. The highest BCUT2D eigenvalue weighted by molar-refractivity contribution is 7.91. The topological polar surface area (TPSA) is 78.0 Å². The van der Waals surface area contributed by atoms with E-state index in [1.807, 2.05) is 6.92 Å². The molecule has 2 N–H and O–H groups in total. The molecule has 1 aromatic heterocycles. The van der Waals surface area contributed by atoms with Crippen LogP contribution >= 0.6 is 0 Å². The molecule has 1 fully saturated rings. The molecule has 1 aromatic carbocycles. The van der Waals surface area contributed by atoms with Crippen LogP contribution in [0.5, 0.6) is 0 Å². The molecule has 0 radical (unpaired) electrons. The standard InChI is InChI=1S/C14H16FN3O2S/c1-14(6-7-21(19,20)9-14)18-8-12(16)13(17-18)10-2-4-11(15)5-3-10/h2-5,8H,6-7,9,16H2,1H3. The van der Waals surface area contributed by atoms with Crippen LogP contribution in [-0.2, 0) is 15.4 Å². The first-order chi connectivity index (χ1) is 9.79. The second-order valence-corrected chi connectivity index (χ2v) is 7.91. The molecule has 112 valence electrons. The van der Waals surface area contributed by atoms with Crippen LogP contribution in [0.4, 0.5) is 10.1 Å². The smallest absolute Gasteiger partial charge is 0.152 e. The minimum absolute atomic E-state index is 0.0595. The van der Waals surface area contributed by atoms with E-state index < -0.39 is 15.4 Å². The van der Waals surface area contributed by atoms with E-state index in [1.54, 1.807) is 23.0 Å². The largest absolute Gasteiger partial charge is 0.396 e. The molecule has 0 spiro atoms. The van der Waals surface area contributed by atoms with E-state index in [4.69, 9.17) is 5.73 Å². The second kappa shape index (κ2) is 4.56. The first-order valence-electron chi connectivity index (χ1n) is 6.61. The fourth-order valence-electron chi connectivity index (χ4n) is 2.67. The second-order valence-electron chi connectivity index (χ2n) is 5.72. The third-order valence-electron chi connectivity index (χ3n) is 3.90. The zero-order valence-corrected chi connectivity index (χ0v) is 12.4. The zero-order chi connectivity index (χ0) is 15.3. The number of anilines is 1. The Hall–Kier alpha value is -1.89. The molecule has 21 heavy (non-hydrogen) atoms. The SMILES string of the molecule is CC1(n2cc(N)c(-c3ccc(F)cc3)n2)CCS(=O)(=O)C1. The van der Waals surface area contributed by atoms with Crippen molar-refractivity contribution in [2.24, 2.45) is 0 Å². The molecule has 0 aliphatic carbocycles. The van der Waals surface area contributed by atoms with E-state index in [9.17, 15) is 12.8 Å². The van der Waals surface area contributed by atoms with Crippen molar-refractivity contribution in [3.05, 3.63) is 36.3 Å². The monoisotopic (exact) mass is 309 g/mol. The number of nitrogens with zero attached hydrogens (tertiary/aromatic N) is 2. The summed E-state index contributed by atoms with van der Waals surface area (Å²) in [4.78, 5) is 0. The van der Waals surface area contributed by atoms with Gasteiger partial charge >= 0.3 is 0 Å². The van der Waals surface area contributed by atoms with Gasteiger partial charge in [-0.1, -0.05) is 0 Å². The number of aromatic nitrogens is 2. The summed E-state index contributed by atoms with van der Waals surface area (Å²) in [6, 6.07) is 5.89. The molecule has 0 bridgehead atoms. The van der Waals surface area contributed by atoms with E-state index in [0.717, 1.165) is 0 Å². The average molecular weight is 309 g/mol. The van der Waals surface area contributed by atoms with E-state index in [-0.39, 0.29) is 17.3 Å². The summed E-state index contributed by atoms with van der Waals surface area (Å²) in [5.74, 6) is -0.107. The van der Waals surface area contributed by atoms with E-state index >= 15 is 0 Å². The maximum Gasteiger partial charge on any atom is 0.152 e. The van der Waals surface area contributed by atoms with E-state index in [1.165, 1.54) is 12.1 Å². The third-order valence-corrected chi connectivity index (χ3v) is 5.78. The Balaban J connectivity index is 2.00. The van der Waals surface area contributed by atoms with Crippen molar-refractivity contribution < 1.29 is 12.8 Å². The lowest BCUT2D eigenvalue weighted by Gasteiger charge is -2.22. The number of halogens is 1. The van der Waals surface area contributed by atoms with Gasteiger partial charge in [0.05, 0.1) is 22.7 Å². The Morgan fingerprint density at radius 2 is 2.00 bits per heavy atom. The zero-order valence-electron chi connectivity index (χ0n) is 11.6. The van der Waals surface area contributed by atoms with Gasteiger partial charge in [0.15, 0.2) is 9.84 Å². The van der Waals surface area contributed by atoms with Crippen molar-refractivity contribution in [1.29, 1.82) is 0 Å². The van der Waals surface area contributed by atoms with Gasteiger partial charge in [-0.3, -0.25) is 4.68 Å². The fourth-order valence-corrected chi connectivity index (χ4v) is 4.79. The molecule has 1 atom stereocenters. The highest BCUT2D eigenvalue weighted by atomic mass is 32.2. The maximum atomic E-state index is 13.0. The summed E-state index contributed by atoms with van der Waals surface area (Å²) >= 11 is 0. The molecule has 0 amide bonds. The molecule has 0 saturated carbocycles. The molecule has 1 unspecified atom stereocenters. The van der Waals surface area contributed by atoms with E-state index in [0.29, 0.717) is 23.4 Å². The Morgan fingerprint density at radius 1 is 1.33 bits per heavy atom. The molecule has 1 aliphatic heterocycles. The number of sulfone groups is 1. The first kappa shape index (κ1) is 14.1. The summed E-state index contributed by atoms with van der Waals surface area (Å²) in [6.07, 6.45) is 2.17. The lowest BCUT2D eigenvalue weighted by atomic mass is 10.0. The number of rotatable bonds is 2. The highest BCUT2D eigenvalue weighted by Crippen LogP contribution is 2.33. The van der Waals surface area contributed by atoms with Gasteiger partial charge in [0, 0.05) is 11.8 Å². The van der Waals surface area contributed by atoms with Crippen LogP contribution in [0.25, 0.3) is 11.3 Å². The molecule has 2 aromatic rings. The van der Waals surface area contributed by atoms with Gasteiger partial charge in [-0.15, -0.1) is 0 Å². The summed E-state index contributed by atoms with van der Waals surface area (Å²) in [5, 5.41) is 4.43. The Kier molecular flexibility index (Phi) is 3.05. The molecule has 3 rings (SSSR count). The average Bonchev–Trinajstić information content (AvgIpc) is 2.92. The van der Waals surface area contributed by atoms with Crippen molar-refractivity contribution in [3.8, 4) is 11.3 Å². The highest BCUT2D eigenvalue weighted by Gasteiger charge is 2.40. The molecule has 5 nitrogen and oxygen atoms in total. The van der Waals surface area contributed by atoms with Crippen LogP contribution in [0.3, 0.4) is 0 Å². The summed E-state index contributed by atoms with van der Waals surface area (Å²) in [6.45, 7) is 1.86. The minimum atomic E-state index is -3.03. The van der Waals surface area contributed by atoms with Gasteiger partial charge in [-0.2, -0.15) is 5.10 Å². The van der Waals surface area contributed by atoms with Crippen LogP contribution < -0.4 is 5.73 Å². The van der Waals surface area contributed by atoms with Crippen LogP contribution in [0.15, 0.2) is 30.5 Å². The fraction of sp³-hybridized carbons (Fsp3) is 0.357. The summed E-state index contributed by atoms with van der Waals surface area (Å²) in [7, 11) is -3.03. The van der Waals surface area contributed by atoms with Crippen LogP contribution in [0.2, 0.25) is 0 Å². The molecule has 7 heteroatoms. The van der Waals surface area contributed by atoms with Crippen molar-refractivity contribution >= 4 is 15.5 Å². The molecule has 1 saturated heterocycles. The Morgan fingerprint density at radius 3 is 2.57 bits per heavy atom. The van der Waals surface area contributed by atoms with Crippen LogP contribution in [0.1, 0.15) is 13.3 Å². The van der Waals surface area contributed by atoms with Crippen molar-refractivity contribution in [3.63, 3.8) is 0 Å². The quantitative estimate of drug-likeness (QED) is 0.917. The van der Waals surface area contributed by atoms with Gasteiger partial charge in [-0.05, 0) is 37.6 Å². The Bertz CT molecular complexity index is 783. The number of nitrogens with two attached hydrogens (primary N) is 1. The third kappa shape index (κ3) is 2.53.